The molecule has 1 unspecified atom stereocenters. The van der Waals surface area contributed by atoms with E-state index in [2.05, 4.69) is 4.74 Å². The number of ether oxygens (including phenoxy) is 2. The number of rotatable bonds is 6. The summed E-state index contributed by atoms with van der Waals surface area (Å²) in [6.07, 6.45) is 0. The van der Waals surface area contributed by atoms with Crippen molar-refractivity contribution in [1.29, 1.82) is 0 Å². The van der Waals surface area contributed by atoms with Crippen LogP contribution in [0.1, 0.15) is 12.5 Å². The zero-order valence-corrected chi connectivity index (χ0v) is 12.8. The van der Waals surface area contributed by atoms with Crippen LogP contribution in [0.2, 0.25) is 0 Å². The summed E-state index contributed by atoms with van der Waals surface area (Å²) < 4.78 is 10.2. The van der Waals surface area contributed by atoms with E-state index in [4.69, 9.17) is 4.74 Å². The Balaban J connectivity index is 2.04. The highest BCUT2D eigenvalue weighted by Gasteiger charge is 2.34. The molecule has 0 bridgehead atoms. The van der Waals surface area contributed by atoms with Crippen molar-refractivity contribution in [3.8, 4) is 11.1 Å². The summed E-state index contributed by atoms with van der Waals surface area (Å²) in [5, 5.41) is 9.33. The molecule has 0 fully saturated rings. The summed E-state index contributed by atoms with van der Waals surface area (Å²) in [5.74, 6) is -0.587. The van der Waals surface area contributed by atoms with Gasteiger partial charge in [-0.3, -0.25) is 0 Å². The summed E-state index contributed by atoms with van der Waals surface area (Å²) in [7, 11) is 1.27. The van der Waals surface area contributed by atoms with Gasteiger partial charge in [-0.05, 0) is 23.6 Å². The lowest BCUT2D eigenvalue weighted by Gasteiger charge is -2.24. The van der Waals surface area contributed by atoms with Crippen molar-refractivity contribution in [2.75, 3.05) is 13.7 Å². The third-order valence-corrected chi connectivity index (χ3v) is 3.54. The molecule has 2 rings (SSSR count). The Morgan fingerprint density at radius 2 is 1.64 bits per heavy atom. The van der Waals surface area contributed by atoms with Crippen LogP contribution in [0.25, 0.3) is 11.1 Å². The van der Waals surface area contributed by atoms with Crippen LogP contribution in [0, 0.1) is 0 Å². The molecule has 22 heavy (non-hydrogen) atoms. The maximum absolute atomic E-state index is 11.6. The van der Waals surface area contributed by atoms with E-state index in [9.17, 15) is 9.90 Å². The Morgan fingerprint density at radius 1 is 1.05 bits per heavy atom. The van der Waals surface area contributed by atoms with Crippen molar-refractivity contribution in [3.05, 3.63) is 60.2 Å². The fourth-order valence-corrected chi connectivity index (χ4v) is 2.05. The van der Waals surface area contributed by atoms with Crippen LogP contribution >= 0.6 is 0 Å². The van der Waals surface area contributed by atoms with Gasteiger partial charge in [0, 0.05) is 0 Å². The van der Waals surface area contributed by atoms with Gasteiger partial charge in [0.25, 0.3) is 0 Å². The molecule has 2 aromatic carbocycles. The highest BCUT2D eigenvalue weighted by Crippen LogP contribution is 2.21. The molecule has 4 nitrogen and oxygen atoms in total. The number of carbonyl (C=O) groups is 1. The average molecular weight is 300 g/mol. The topological polar surface area (TPSA) is 55.8 Å². The van der Waals surface area contributed by atoms with E-state index >= 15 is 0 Å². The monoisotopic (exact) mass is 300 g/mol. The van der Waals surface area contributed by atoms with E-state index in [0.717, 1.165) is 16.7 Å². The summed E-state index contributed by atoms with van der Waals surface area (Å²) in [6, 6.07) is 18.0. The van der Waals surface area contributed by atoms with Crippen molar-refractivity contribution < 1.29 is 19.4 Å². The maximum Gasteiger partial charge on any atom is 0.340 e. The summed E-state index contributed by atoms with van der Waals surface area (Å²) in [6.45, 7) is 1.31. The third kappa shape index (κ3) is 3.72. The molecule has 0 amide bonds. The minimum Gasteiger partial charge on any atom is -0.467 e. The Bertz CT molecular complexity index is 607. The molecule has 4 heteroatoms. The Kier molecular flexibility index (Phi) is 5.31. The molecule has 0 saturated heterocycles. The van der Waals surface area contributed by atoms with Crippen molar-refractivity contribution in [3.63, 3.8) is 0 Å². The first-order valence-electron chi connectivity index (χ1n) is 7.06. The smallest absolute Gasteiger partial charge is 0.340 e. The number of hydrogen-bond acceptors (Lipinski definition) is 4. The summed E-state index contributed by atoms with van der Waals surface area (Å²) in [4.78, 5) is 11.6. The quantitative estimate of drug-likeness (QED) is 0.834. The predicted octanol–water partition coefficient (Wildman–Crippen LogP) is 2.79. The van der Waals surface area contributed by atoms with E-state index in [-0.39, 0.29) is 6.61 Å². The van der Waals surface area contributed by atoms with E-state index in [1.807, 2.05) is 54.6 Å². The number of aliphatic hydroxyl groups is 1. The zero-order valence-electron chi connectivity index (χ0n) is 12.8. The van der Waals surface area contributed by atoms with Crippen molar-refractivity contribution >= 4 is 5.97 Å². The molecule has 0 spiro atoms. The van der Waals surface area contributed by atoms with Gasteiger partial charge in [0.2, 0.25) is 0 Å². The molecule has 1 atom stereocenters. The second-order valence-corrected chi connectivity index (χ2v) is 5.23. The van der Waals surface area contributed by atoms with Crippen LogP contribution in [-0.4, -0.2) is 30.4 Å². The van der Waals surface area contributed by atoms with Gasteiger partial charge in [0.05, 0.1) is 20.3 Å². The molecule has 0 aromatic heterocycles. The lowest BCUT2D eigenvalue weighted by atomic mass is 10.0. The van der Waals surface area contributed by atoms with Gasteiger partial charge in [0.1, 0.15) is 0 Å². The number of carbonyl (C=O) groups excluding carboxylic acids is 1. The van der Waals surface area contributed by atoms with Gasteiger partial charge < -0.3 is 14.6 Å². The van der Waals surface area contributed by atoms with Crippen LogP contribution in [-0.2, 0) is 20.9 Å². The minimum atomic E-state index is -1.34. The average Bonchev–Trinajstić information content (AvgIpc) is 2.60. The largest absolute Gasteiger partial charge is 0.467 e. The highest BCUT2D eigenvalue weighted by molar-refractivity contribution is 5.79. The van der Waals surface area contributed by atoms with Crippen LogP contribution in [0.4, 0.5) is 0 Å². The van der Waals surface area contributed by atoms with Crippen molar-refractivity contribution in [2.45, 2.75) is 19.1 Å². The molecule has 1 N–H and O–H groups in total. The molecule has 2 aromatic rings. The normalized spacial score (nSPS) is 13.4. The number of benzene rings is 2. The number of hydrogen-bond donors (Lipinski definition) is 1. The predicted molar refractivity (Wildman–Crippen MR) is 84.2 cm³/mol. The Morgan fingerprint density at radius 3 is 2.18 bits per heavy atom. The molecular formula is C18H20O4. The first-order chi connectivity index (χ1) is 10.6. The van der Waals surface area contributed by atoms with Crippen LogP contribution in [0.15, 0.2) is 54.6 Å². The first-order valence-corrected chi connectivity index (χ1v) is 7.06. The Labute approximate surface area is 130 Å². The van der Waals surface area contributed by atoms with E-state index in [1.54, 1.807) is 0 Å². The van der Waals surface area contributed by atoms with Crippen molar-refractivity contribution in [1.82, 2.24) is 0 Å². The van der Waals surface area contributed by atoms with E-state index in [0.29, 0.717) is 0 Å². The molecule has 0 aliphatic carbocycles. The van der Waals surface area contributed by atoms with Gasteiger partial charge in [-0.15, -0.1) is 0 Å². The highest BCUT2D eigenvalue weighted by atomic mass is 16.6. The summed E-state index contributed by atoms with van der Waals surface area (Å²) in [5.41, 5.74) is 1.84. The van der Waals surface area contributed by atoms with Crippen LogP contribution in [0.5, 0.6) is 0 Å². The number of esters is 1. The molecule has 0 aliphatic heterocycles. The summed E-state index contributed by atoms with van der Waals surface area (Å²) >= 11 is 0. The van der Waals surface area contributed by atoms with Gasteiger partial charge in [-0.25, -0.2) is 4.79 Å². The lowest BCUT2D eigenvalue weighted by Crippen LogP contribution is -2.42. The van der Waals surface area contributed by atoms with Gasteiger partial charge in [-0.1, -0.05) is 54.6 Å². The number of methoxy groups -OCH3 is 1. The van der Waals surface area contributed by atoms with E-state index < -0.39 is 18.2 Å². The van der Waals surface area contributed by atoms with Crippen LogP contribution in [0.3, 0.4) is 0 Å². The molecule has 0 saturated carbocycles. The lowest BCUT2D eigenvalue weighted by molar-refractivity contribution is -0.174. The molecule has 0 radical (unpaired) electrons. The third-order valence-electron chi connectivity index (χ3n) is 3.54. The maximum atomic E-state index is 11.6. The molecule has 116 valence electrons. The SMILES string of the molecule is COC(=O)C(C)(CO)OCc1ccc(-c2ccccc2)cc1. The fraction of sp³-hybridized carbons (Fsp3) is 0.278. The zero-order chi connectivity index (χ0) is 16.0. The molecular weight excluding hydrogens is 280 g/mol. The van der Waals surface area contributed by atoms with Gasteiger partial charge >= 0.3 is 5.97 Å². The second-order valence-electron chi connectivity index (χ2n) is 5.23. The van der Waals surface area contributed by atoms with Crippen molar-refractivity contribution in [2.24, 2.45) is 0 Å². The van der Waals surface area contributed by atoms with E-state index in [1.165, 1.54) is 14.0 Å². The minimum absolute atomic E-state index is 0.223. The second kappa shape index (κ2) is 7.20. The standard InChI is InChI=1S/C18H20O4/c1-18(13-19,17(20)21-2)22-12-14-8-10-16(11-9-14)15-6-4-3-5-7-15/h3-11,19H,12-13H2,1-2H3. The first kappa shape index (κ1) is 16.2. The Hall–Kier alpha value is -2.17. The van der Waals surface area contributed by atoms with Crippen LogP contribution < -0.4 is 0 Å². The fourth-order valence-electron chi connectivity index (χ4n) is 2.05. The van der Waals surface area contributed by atoms with Gasteiger partial charge in [0.15, 0.2) is 5.60 Å². The molecule has 0 aliphatic rings. The number of aliphatic hydroxyl groups excluding tert-OH is 1. The molecule has 0 heterocycles. The van der Waals surface area contributed by atoms with Gasteiger partial charge in [-0.2, -0.15) is 0 Å².